The number of hydrogen-bond acceptors (Lipinski definition) is 3. The fourth-order valence-electron chi connectivity index (χ4n) is 1.33. The van der Waals surface area contributed by atoms with E-state index in [2.05, 4.69) is 10.5 Å². The van der Waals surface area contributed by atoms with E-state index in [0.29, 0.717) is 0 Å². The highest BCUT2D eigenvalue weighted by Gasteiger charge is 2.16. The molecule has 104 valence electrons. The predicted octanol–water partition coefficient (Wildman–Crippen LogP) is 3.21. The van der Waals surface area contributed by atoms with Gasteiger partial charge in [-0.15, -0.1) is 0 Å². The highest BCUT2D eigenvalue weighted by atomic mass is 19.1. The molecule has 4 nitrogen and oxygen atoms in total. The summed E-state index contributed by atoms with van der Waals surface area (Å²) in [6.07, 6.45) is -0.788. The maximum atomic E-state index is 13.4. The zero-order valence-corrected chi connectivity index (χ0v) is 11.3. The Kier molecular flexibility index (Phi) is 4.58. The number of nitrogens with zero attached hydrogens (tertiary/aromatic N) is 1. The first-order valence-electron chi connectivity index (χ1n) is 5.68. The molecule has 0 bridgehead atoms. The van der Waals surface area contributed by atoms with Crippen LogP contribution in [0.3, 0.4) is 0 Å². The van der Waals surface area contributed by atoms with E-state index in [-0.39, 0.29) is 11.3 Å². The summed E-state index contributed by atoms with van der Waals surface area (Å²) < 4.78 is 31.8. The quantitative estimate of drug-likeness (QED) is 0.662. The van der Waals surface area contributed by atoms with Crippen LogP contribution in [0.2, 0.25) is 0 Å². The summed E-state index contributed by atoms with van der Waals surface area (Å²) >= 11 is 0. The van der Waals surface area contributed by atoms with Crippen LogP contribution in [0, 0.1) is 11.6 Å². The number of hydrogen-bond donors (Lipinski definition) is 1. The molecule has 0 atom stereocenters. The third-order valence-corrected chi connectivity index (χ3v) is 2.04. The standard InChI is InChI=1S/C13H16F2N2O2/c1-8(11-9(14)6-5-7-10(11)15)16-17-12(18)19-13(2,3)4/h5-7H,1-4H3,(H,17,18)/b16-8-. The van der Waals surface area contributed by atoms with Gasteiger partial charge in [0.1, 0.15) is 17.2 Å². The highest BCUT2D eigenvalue weighted by molar-refractivity contribution is 5.99. The predicted molar refractivity (Wildman–Crippen MR) is 67.9 cm³/mol. The van der Waals surface area contributed by atoms with Gasteiger partial charge in [0.25, 0.3) is 0 Å². The molecule has 0 aliphatic carbocycles. The number of nitrogens with one attached hydrogen (secondary N) is 1. The smallest absolute Gasteiger partial charge is 0.428 e. The second-order valence-electron chi connectivity index (χ2n) is 4.91. The number of carbonyl (C=O) groups excluding carboxylic acids is 1. The number of halogens is 2. The van der Waals surface area contributed by atoms with Crippen LogP contribution in [-0.4, -0.2) is 17.4 Å². The molecule has 6 heteroatoms. The summed E-state index contributed by atoms with van der Waals surface area (Å²) in [5.41, 5.74) is 1.15. The lowest BCUT2D eigenvalue weighted by molar-refractivity contribution is 0.0529. The van der Waals surface area contributed by atoms with Crippen molar-refractivity contribution >= 4 is 11.8 Å². The van der Waals surface area contributed by atoms with Crippen LogP contribution in [0.5, 0.6) is 0 Å². The molecule has 0 heterocycles. The summed E-state index contributed by atoms with van der Waals surface area (Å²) in [4.78, 5) is 11.3. The van der Waals surface area contributed by atoms with Crippen molar-refractivity contribution in [2.75, 3.05) is 0 Å². The van der Waals surface area contributed by atoms with Crippen molar-refractivity contribution in [1.82, 2.24) is 5.43 Å². The molecule has 0 saturated heterocycles. The summed E-state index contributed by atoms with van der Waals surface area (Å²) in [6, 6.07) is 3.48. The number of rotatable bonds is 2. The Labute approximate surface area is 110 Å². The Morgan fingerprint density at radius 3 is 2.26 bits per heavy atom. The van der Waals surface area contributed by atoms with Gasteiger partial charge in [-0.25, -0.2) is 19.0 Å². The topological polar surface area (TPSA) is 50.7 Å². The highest BCUT2D eigenvalue weighted by Crippen LogP contribution is 2.13. The van der Waals surface area contributed by atoms with Crippen LogP contribution in [0.1, 0.15) is 33.3 Å². The lowest BCUT2D eigenvalue weighted by atomic mass is 10.1. The van der Waals surface area contributed by atoms with E-state index >= 15 is 0 Å². The van der Waals surface area contributed by atoms with E-state index in [1.54, 1.807) is 20.8 Å². The van der Waals surface area contributed by atoms with Gasteiger partial charge in [0.2, 0.25) is 0 Å². The maximum Gasteiger partial charge on any atom is 0.428 e. The number of hydrazone groups is 1. The Balaban J connectivity index is 2.81. The number of ether oxygens (including phenoxy) is 1. The third-order valence-electron chi connectivity index (χ3n) is 2.04. The molecule has 0 radical (unpaired) electrons. The first-order chi connectivity index (χ1) is 8.70. The zero-order valence-electron chi connectivity index (χ0n) is 11.3. The van der Waals surface area contributed by atoms with Crippen molar-refractivity contribution in [3.05, 3.63) is 35.4 Å². The van der Waals surface area contributed by atoms with E-state index in [4.69, 9.17) is 4.74 Å². The van der Waals surface area contributed by atoms with Crippen molar-refractivity contribution in [2.24, 2.45) is 5.10 Å². The van der Waals surface area contributed by atoms with Gasteiger partial charge in [0, 0.05) is 0 Å². The molecule has 0 saturated carbocycles. The summed E-state index contributed by atoms with van der Waals surface area (Å²) in [5.74, 6) is -1.49. The molecule has 0 fully saturated rings. The van der Waals surface area contributed by atoms with E-state index in [0.717, 1.165) is 12.1 Å². The Morgan fingerprint density at radius 1 is 1.26 bits per heavy atom. The molecule has 1 rings (SSSR count). The van der Waals surface area contributed by atoms with Gasteiger partial charge in [-0.3, -0.25) is 0 Å². The van der Waals surface area contributed by atoms with Gasteiger partial charge in [-0.2, -0.15) is 5.10 Å². The summed E-state index contributed by atoms with van der Waals surface area (Å²) in [6.45, 7) is 6.47. The Morgan fingerprint density at radius 2 is 1.79 bits per heavy atom. The Bertz CT molecular complexity index is 488. The summed E-state index contributed by atoms with van der Waals surface area (Å²) in [7, 11) is 0. The molecule has 1 amide bonds. The second kappa shape index (κ2) is 5.77. The maximum absolute atomic E-state index is 13.4. The molecular formula is C13H16F2N2O2. The average Bonchev–Trinajstić information content (AvgIpc) is 2.23. The molecule has 0 aromatic heterocycles. The van der Waals surface area contributed by atoms with Crippen molar-refractivity contribution in [3.63, 3.8) is 0 Å². The van der Waals surface area contributed by atoms with Gasteiger partial charge in [0.15, 0.2) is 0 Å². The molecule has 0 aliphatic rings. The monoisotopic (exact) mass is 270 g/mol. The lowest BCUT2D eigenvalue weighted by Gasteiger charge is -2.18. The van der Waals surface area contributed by atoms with Crippen LogP contribution in [-0.2, 0) is 4.74 Å². The molecule has 0 unspecified atom stereocenters. The van der Waals surface area contributed by atoms with E-state index in [1.165, 1.54) is 13.0 Å². The van der Waals surface area contributed by atoms with Gasteiger partial charge >= 0.3 is 6.09 Å². The van der Waals surface area contributed by atoms with E-state index < -0.39 is 23.3 Å². The molecule has 1 aromatic rings. The molecule has 0 spiro atoms. The number of benzene rings is 1. The second-order valence-corrected chi connectivity index (χ2v) is 4.91. The number of amides is 1. The first-order valence-corrected chi connectivity index (χ1v) is 5.68. The zero-order chi connectivity index (χ0) is 14.6. The minimum absolute atomic E-state index is 0.0152. The van der Waals surface area contributed by atoms with E-state index in [1.807, 2.05) is 0 Å². The lowest BCUT2D eigenvalue weighted by Crippen LogP contribution is -2.30. The van der Waals surface area contributed by atoms with Crippen molar-refractivity contribution in [2.45, 2.75) is 33.3 Å². The minimum Gasteiger partial charge on any atom is -0.443 e. The molecule has 1 N–H and O–H groups in total. The third kappa shape index (κ3) is 4.65. The van der Waals surface area contributed by atoms with Crippen LogP contribution >= 0.6 is 0 Å². The summed E-state index contributed by atoms with van der Waals surface area (Å²) in [5, 5.41) is 3.61. The largest absolute Gasteiger partial charge is 0.443 e. The molecule has 1 aromatic carbocycles. The molecule has 0 aliphatic heterocycles. The van der Waals surface area contributed by atoms with E-state index in [9.17, 15) is 13.6 Å². The van der Waals surface area contributed by atoms with Crippen LogP contribution < -0.4 is 5.43 Å². The Hall–Kier alpha value is -1.98. The SMILES string of the molecule is C/C(=N/NC(=O)OC(C)(C)C)c1c(F)cccc1F. The molecule has 19 heavy (non-hydrogen) atoms. The van der Waals surface area contributed by atoms with Crippen molar-refractivity contribution in [1.29, 1.82) is 0 Å². The van der Waals surface area contributed by atoms with Crippen LogP contribution in [0.25, 0.3) is 0 Å². The fourth-order valence-corrected chi connectivity index (χ4v) is 1.33. The fraction of sp³-hybridized carbons (Fsp3) is 0.385. The molecular weight excluding hydrogens is 254 g/mol. The average molecular weight is 270 g/mol. The van der Waals surface area contributed by atoms with Gasteiger partial charge in [-0.05, 0) is 39.8 Å². The van der Waals surface area contributed by atoms with Gasteiger partial charge in [-0.1, -0.05) is 6.07 Å². The normalized spacial score (nSPS) is 12.2. The first kappa shape index (κ1) is 15.1. The van der Waals surface area contributed by atoms with Gasteiger partial charge < -0.3 is 4.74 Å². The van der Waals surface area contributed by atoms with Crippen molar-refractivity contribution in [3.8, 4) is 0 Å². The number of carbonyl (C=O) groups is 1. The van der Waals surface area contributed by atoms with Gasteiger partial charge in [0.05, 0.1) is 11.3 Å². The van der Waals surface area contributed by atoms with Crippen molar-refractivity contribution < 1.29 is 18.3 Å². The van der Waals surface area contributed by atoms with Crippen LogP contribution in [0.4, 0.5) is 13.6 Å². The minimum atomic E-state index is -0.788. The van der Waals surface area contributed by atoms with Crippen LogP contribution in [0.15, 0.2) is 23.3 Å².